The number of ether oxygens (including phenoxy) is 1. The van der Waals surface area contributed by atoms with Crippen molar-refractivity contribution in [2.45, 2.75) is 5.16 Å². The first-order chi connectivity index (χ1) is 16.1. The minimum atomic E-state index is -0.178. The Hall–Kier alpha value is -4.11. The van der Waals surface area contributed by atoms with Crippen LogP contribution in [0.5, 0.6) is 11.5 Å². The number of benzene rings is 3. The monoisotopic (exact) mass is 457 g/mol. The average molecular weight is 458 g/mol. The summed E-state index contributed by atoms with van der Waals surface area (Å²) in [4.78, 5) is 25.1. The maximum atomic E-state index is 12.5. The third-order valence-corrected chi connectivity index (χ3v) is 5.97. The number of aromatic nitrogens is 4. The topological polar surface area (TPSA) is 90.5 Å². The number of carbonyl (C=O) groups is 1. The molecule has 0 fully saturated rings. The Kier molecular flexibility index (Phi) is 5.54. The number of carbonyl (C=O) groups excluding carboxylic acids is 1. The van der Waals surface area contributed by atoms with Crippen LogP contribution in [0.15, 0.2) is 88.8 Å². The van der Waals surface area contributed by atoms with Gasteiger partial charge in [-0.1, -0.05) is 42.1 Å². The lowest BCUT2D eigenvalue weighted by Gasteiger charge is -2.09. The summed E-state index contributed by atoms with van der Waals surface area (Å²) in [7, 11) is 1.66. The Morgan fingerprint density at radius 3 is 2.42 bits per heavy atom. The second-order valence-electron chi connectivity index (χ2n) is 7.28. The largest absolute Gasteiger partial charge is 0.457 e. The molecule has 0 bridgehead atoms. The van der Waals surface area contributed by atoms with Gasteiger partial charge in [0.05, 0.1) is 16.7 Å². The fraction of sp³-hybridized carbons (Fsp3) is 0.0833. The van der Waals surface area contributed by atoms with Crippen molar-refractivity contribution in [3.8, 4) is 11.5 Å². The lowest BCUT2D eigenvalue weighted by molar-refractivity contribution is -0.113. The van der Waals surface area contributed by atoms with E-state index >= 15 is 0 Å². The first-order valence-electron chi connectivity index (χ1n) is 10.2. The maximum Gasteiger partial charge on any atom is 0.262 e. The predicted octanol–water partition coefficient (Wildman–Crippen LogP) is 4.10. The van der Waals surface area contributed by atoms with E-state index in [4.69, 9.17) is 4.74 Å². The number of nitrogens with zero attached hydrogens (tertiary/aromatic N) is 4. The third-order valence-electron chi connectivity index (χ3n) is 5.05. The summed E-state index contributed by atoms with van der Waals surface area (Å²) in [5, 5.41) is 12.3. The summed E-state index contributed by atoms with van der Waals surface area (Å²) in [5.74, 6) is 1.82. The maximum absolute atomic E-state index is 12.5. The molecule has 5 aromatic rings. The van der Waals surface area contributed by atoms with E-state index in [0.29, 0.717) is 33.3 Å². The van der Waals surface area contributed by atoms with Gasteiger partial charge >= 0.3 is 0 Å². The molecule has 0 atom stereocenters. The van der Waals surface area contributed by atoms with Crippen molar-refractivity contribution in [2.24, 2.45) is 7.05 Å². The van der Waals surface area contributed by atoms with Gasteiger partial charge in [-0.05, 0) is 48.5 Å². The molecule has 0 unspecified atom stereocenters. The van der Waals surface area contributed by atoms with Gasteiger partial charge in [-0.3, -0.25) is 18.6 Å². The molecule has 8 nitrogen and oxygen atoms in total. The molecule has 9 heteroatoms. The van der Waals surface area contributed by atoms with Crippen molar-refractivity contribution in [1.82, 2.24) is 19.2 Å². The third kappa shape index (κ3) is 4.18. The van der Waals surface area contributed by atoms with E-state index in [-0.39, 0.29) is 17.2 Å². The number of anilines is 1. The van der Waals surface area contributed by atoms with Crippen molar-refractivity contribution in [2.75, 3.05) is 11.1 Å². The molecule has 5 rings (SSSR count). The number of aryl methyl sites for hydroxylation is 1. The molecular weight excluding hydrogens is 438 g/mol. The van der Waals surface area contributed by atoms with Crippen LogP contribution in [0, 0.1) is 0 Å². The summed E-state index contributed by atoms with van der Waals surface area (Å²) >= 11 is 1.26. The number of para-hydroxylation sites is 2. The molecule has 0 saturated carbocycles. The number of fused-ring (bicyclic) bond motifs is 3. The van der Waals surface area contributed by atoms with Crippen LogP contribution in [-0.2, 0) is 11.8 Å². The van der Waals surface area contributed by atoms with Crippen LogP contribution in [0.4, 0.5) is 5.69 Å². The van der Waals surface area contributed by atoms with Crippen molar-refractivity contribution < 1.29 is 9.53 Å². The van der Waals surface area contributed by atoms with Gasteiger partial charge in [0.1, 0.15) is 11.5 Å². The van der Waals surface area contributed by atoms with Crippen molar-refractivity contribution in [1.29, 1.82) is 0 Å². The molecule has 0 aliphatic rings. The van der Waals surface area contributed by atoms with Gasteiger partial charge in [0.15, 0.2) is 5.16 Å². The minimum absolute atomic E-state index is 0.139. The number of nitrogens with one attached hydrogen (secondary N) is 1. The summed E-state index contributed by atoms with van der Waals surface area (Å²) in [6.45, 7) is 0. The SMILES string of the molecule is Cn1c(=O)c2ccccc2n2c(SCC(=O)Nc3ccc(Oc4ccccc4)cc3)nnc12. The molecular formula is C24H19N5O3S. The zero-order chi connectivity index (χ0) is 22.8. The number of rotatable bonds is 6. The average Bonchev–Trinajstić information content (AvgIpc) is 3.27. The fourth-order valence-corrected chi connectivity index (χ4v) is 4.20. The highest BCUT2D eigenvalue weighted by molar-refractivity contribution is 7.99. The Balaban J connectivity index is 1.28. The minimum Gasteiger partial charge on any atom is -0.457 e. The predicted molar refractivity (Wildman–Crippen MR) is 128 cm³/mol. The number of thioether (sulfide) groups is 1. The molecule has 0 radical (unpaired) electrons. The van der Waals surface area contributed by atoms with E-state index in [2.05, 4.69) is 15.5 Å². The zero-order valence-corrected chi connectivity index (χ0v) is 18.5. The molecule has 1 amide bonds. The van der Waals surface area contributed by atoms with Gasteiger partial charge in [0.2, 0.25) is 11.7 Å². The molecule has 0 aliphatic carbocycles. The van der Waals surface area contributed by atoms with E-state index < -0.39 is 0 Å². The molecule has 0 aliphatic heterocycles. The van der Waals surface area contributed by atoms with Gasteiger partial charge in [0, 0.05) is 12.7 Å². The molecule has 2 aromatic heterocycles. The first kappa shape index (κ1) is 20.8. The molecule has 33 heavy (non-hydrogen) atoms. The standard InChI is InChI=1S/C24H19N5O3S/c1-28-22(31)19-9-5-6-10-20(19)29-23(28)26-27-24(29)33-15-21(30)25-16-11-13-18(14-12-16)32-17-7-3-2-4-8-17/h2-14H,15H2,1H3,(H,25,30). The lowest BCUT2D eigenvalue weighted by Crippen LogP contribution is -2.20. The highest BCUT2D eigenvalue weighted by Gasteiger charge is 2.16. The van der Waals surface area contributed by atoms with Crippen molar-refractivity contribution in [3.63, 3.8) is 0 Å². The van der Waals surface area contributed by atoms with Crippen LogP contribution in [0.1, 0.15) is 0 Å². The zero-order valence-electron chi connectivity index (χ0n) is 17.6. The van der Waals surface area contributed by atoms with Crippen LogP contribution in [0.3, 0.4) is 0 Å². The molecule has 164 valence electrons. The fourth-order valence-electron chi connectivity index (χ4n) is 3.46. The van der Waals surface area contributed by atoms with E-state index in [9.17, 15) is 9.59 Å². The first-order valence-corrected chi connectivity index (χ1v) is 11.2. The van der Waals surface area contributed by atoms with Crippen LogP contribution in [0.2, 0.25) is 0 Å². The van der Waals surface area contributed by atoms with Gasteiger partial charge in [0.25, 0.3) is 5.56 Å². The summed E-state index contributed by atoms with van der Waals surface area (Å²) in [6.07, 6.45) is 0. The Bertz CT molecular complexity index is 1510. The Morgan fingerprint density at radius 1 is 0.939 bits per heavy atom. The highest BCUT2D eigenvalue weighted by Crippen LogP contribution is 2.24. The van der Waals surface area contributed by atoms with E-state index in [1.165, 1.54) is 16.3 Å². The number of hydrogen-bond donors (Lipinski definition) is 1. The smallest absolute Gasteiger partial charge is 0.262 e. The summed E-state index contributed by atoms with van der Waals surface area (Å²) in [5.41, 5.74) is 1.23. The second kappa shape index (κ2) is 8.79. The van der Waals surface area contributed by atoms with E-state index in [0.717, 1.165) is 5.75 Å². The molecule has 2 heterocycles. The van der Waals surface area contributed by atoms with Crippen molar-refractivity contribution >= 4 is 40.0 Å². The van der Waals surface area contributed by atoms with Crippen LogP contribution in [-0.4, -0.2) is 30.8 Å². The molecule has 0 saturated heterocycles. The molecule has 1 N–H and O–H groups in total. The quantitative estimate of drug-likeness (QED) is 0.386. The second-order valence-corrected chi connectivity index (χ2v) is 8.22. The lowest BCUT2D eigenvalue weighted by atomic mass is 10.2. The summed E-state index contributed by atoms with van der Waals surface area (Å²) < 4.78 is 9.02. The molecule has 3 aromatic carbocycles. The van der Waals surface area contributed by atoms with Gasteiger partial charge in [-0.25, -0.2) is 0 Å². The molecule has 0 spiro atoms. The van der Waals surface area contributed by atoms with Gasteiger partial charge in [-0.15, -0.1) is 10.2 Å². The summed E-state index contributed by atoms with van der Waals surface area (Å²) in [6, 6.07) is 23.9. The number of amides is 1. The van der Waals surface area contributed by atoms with Crippen LogP contribution in [0.25, 0.3) is 16.7 Å². The van der Waals surface area contributed by atoms with Gasteiger partial charge in [-0.2, -0.15) is 0 Å². The number of hydrogen-bond acceptors (Lipinski definition) is 6. The van der Waals surface area contributed by atoms with Gasteiger partial charge < -0.3 is 10.1 Å². The van der Waals surface area contributed by atoms with Crippen molar-refractivity contribution in [3.05, 3.63) is 89.2 Å². The van der Waals surface area contributed by atoms with Crippen LogP contribution < -0.4 is 15.6 Å². The van der Waals surface area contributed by atoms with Crippen LogP contribution >= 0.6 is 11.8 Å². The van der Waals surface area contributed by atoms with E-state index in [1.54, 1.807) is 41.8 Å². The normalized spacial score (nSPS) is 11.1. The Morgan fingerprint density at radius 2 is 1.64 bits per heavy atom. The highest BCUT2D eigenvalue weighted by atomic mass is 32.2. The Labute approximate surface area is 192 Å². The van der Waals surface area contributed by atoms with E-state index in [1.807, 2.05) is 48.5 Å².